The molecule has 5 heteroatoms. The van der Waals surface area contributed by atoms with Gasteiger partial charge in [-0.3, -0.25) is 0 Å². The molecule has 0 unspecified atom stereocenters. The summed E-state index contributed by atoms with van der Waals surface area (Å²) in [6.07, 6.45) is 5.58. The van der Waals surface area contributed by atoms with Gasteiger partial charge >= 0.3 is 0 Å². The van der Waals surface area contributed by atoms with E-state index >= 15 is 0 Å². The van der Waals surface area contributed by atoms with Crippen molar-refractivity contribution in [2.24, 2.45) is 0 Å². The topological polar surface area (TPSA) is 21.1 Å². The van der Waals surface area contributed by atoms with E-state index in [1.165, 1.54) is 22.8 Å². The zero-order valence-corrected chi connectivity index (χ0v) is 17.9. The molecule has 2 heterocycles. The summed E-state index contributed by atoms with van der Waals surface area (Å²) in [4.78, 5) is 4.87. The molecule has 2 aromatic carbocycles. The van der Waals surface area contributed by atoms with E-state index in [2.05, 4.69) is 102 Å². The van der Waals surface area contributed by atoms with Gasteiger partial charge in [-0.2, -0.15) is 0 Å². The first-order valence-corrected chi connectivity index (χ1v) is 15.1. The highest BCUT2D eigenvalue weighted by Gasteiger charge is 2.48. The molecule has 1 aromatic heterocycles. The Balaban J connectivity index is 1.87. The molecule has 1 saturated heterocycles. The number of aromatic nitrogens is 2. The average molecular weight is 378 g/mol. The van der Waals surface area contributed by atoms with E-state index in [0.29, 0.717) is 0 Å². The van der Waals surface area contributed by atoms with Crippen LogP contribution < -0.4 is 14.9 Å². The van der Waals surface area contributed by atoms with Crippen LogP contribution in [-0.2, 0) is 0 Å². The van der Waals surface area contributed by atoms with Crippen molar-refractivity contribution < 1.29 is 0 Å². The van der Waals surface area contributed by atoms with Gasteiger partial charge in [0.05, 0.1) is 6.33 Å². The van der Waals surface area contributed by atoms with Crippen molar-refractivity contribution in [2.45, 2.75) is 32.1 Å². The lowest BCUT2D eigenvalue weighted by Crippen LogP contribution is -2.67. The summed E-state index contributed by atoms with van der Waals surface area (Å²) < 4.78 is 5.03. The number of anilines is 1. The zero-order chi connectivity index (χ0) is 18.2. The molecule has 0 amide bonds. The van der Waals surface area contributed by atoms with Crippen molar-refractivity contribution in [3.8, 4) is 0 Å². The third-order valence-corrected chi connectivity index (χ3v) is 12.3. The van der Waals surface area contributed by atoms with Gasteiger partial charge in [0.1, 0.15) is 5.82 Å². The van der Waals surface area contributed by atoms with Crippen LogP contribution in [0, 0.1) is 0 Å². The summed E-state index contributed by atoms with van der Waals surface area (Å²) in [6, 6.07) is 23.5. The highest BCUT2D eigenvalue weighted by molar-refractivity contribution is 7.05. The van der Waals surface area contributed by atoms with Crippen molar-refractivity contribution in [1.82, 2.24) is 9.22 Å². The first-order chi connectivity index (χ1) is 12.5. The minimum absolute atomic E-state index is 1.10. The summed E-state index contributed by atoms with van der Waals surface area (Å²) in [5, 5.41) is 2.98. The molecule has 1 aliphatic heterocycles. The Morgan fingerprint density at radius 1 is 0.885 bits per heavy atom. The molecule has 26 heavy (non-hydrogen) atoms. The number of hydrogen-bond donors (Lipinski definition) is 0. The zero-order valence-electron chi connectivity index (χ0n) is 15.9. The van der Waals surface area contributed by atoms with E-state index in [4.69, 9.17) is 4.98 Å². The number of nitrogens with zero attached hydrogens (tertiary/aromatic N) is 3. The van der Waals surface area contributed by atoms with E-state index in [9.17, 15) is 0 Å². The number of benzene rings is 2. The van der Waals surface area contributed by atoms with E-state index in [1.807, 2.05) is 0 Å². The van der Waals surface area contributed by atoms with Crippen LogP contribution in [0.5, 0.6) is 0 Å². The van der Waals surface area contributed by atoms with Gasteiger partial charge in [0.15, 0.2) is 8.24 Å². The minimum Gasteiger partial charge on any atom is -0.373 e. The van der Waals surface area contributed by atoms with Gasteiger partial charge in [-0.15, -0.1) is 0 Å². The second-order valence-electron chi connectivity index (χ2n) is 8.16. The lowest BCUT2D eigenvalue weighted by Gasteiger charge is -2.37. The van der Waals surface area contributed by atoms with Crippen LogP contribution in [0.4, 0.5) is 5.82 Å². The second kappa shape index (κ2) is 6.56. The van der Waals surface area contributed by atoms with Crippen molar-refractivity contribution in [1.29, 1.82) is 0 Å². The molecule has 0 atom stereocenters. The molecule has 3 aromatic rings. The Bertz CT molecular complexity index is 830. The van der Waals surface area contributed by atoms with Gasteiger partial charge < -0.3 is 8.80 Å². The molecule has 0 N–H and O–H groups in total. The van der Waals surface area contributed by atoms with Crippen LogP contribution in [0.3, 0.4) is 0 Å². The standard InChI is InChI=1S/C21H27N3Si2/c1-25(2,3)23-17-21(22-18-23)24-15-10-16-26(24,19-11-6-4-7-12-19)20-13-8-5-9-14-20/h4-9,11-14,17-18H,10,15-16H2,1-3H3. The fourth-order valence-corrected chi connectivity index (χ4v) is 10.1. The van der Waals surface area contributed by atoms with Crippen LogP contribution >= 0.6 is 0 Å². The van der Waals surface area contributed by atoms with Crippen LogP contribution in [-0.4, -0.2) is 32.2 Å². The Morgan fingerprint density at radius 2 is 1.46 bits per heavy atom. The van der Waals surface area contributed by atoms with E-state index < -0.39 is 16.5 Å². The normalized spacial score (nSPS) is 16.8. The Kier molecular flexibility index (Phi) is 4.36. The van der Waals surface area contributed by atoms with Gasteiger partial charge in [0.25, 0.3) is 0 Å². The number of imidazole rings is 1. The largest absolute Gasteiger partial charge is 0.373 e. The molecule has 134 valence electrons. The monoisotopic (exact) mass is 377 g/mol. The number of rotatable bonds is 4. The fourth-order valence-electron chi connectivity index (χ4n) is 4.14. The van der Waals surface area contributed by atoms with Crippen LogP contribution in [0.15, 0.2) is 73.2 Å². The molecular formula is C21H27N3Si2. The van der Waals surface area contributed by atoms with E-state index in [-0.39, 0.29) is 0 Å². The van der Waals surface area contributed by atoms with Gasteiger partial charge in [-0.05, 0) is 22.8 Å². The molecule has 1 fully saturated rings. The van der Waals surface area contributed by atoms with Crippen LogP contribution in [0.2, 0.25) is 25.7 Å². The fraction of sp³-hybridized carbons (Fsp3) is 0.286. The summed E-state index contributed by atoms with van der Waals surface area (Å²) in [5.41, 5.74) is 0. The SMILES string of the molecule is C[Si](C)(C)n1cnc(N2CCC[Si]2(c2ccccc2)c2ccccc2)c1. The first kappa shape index (κ1) is 17.3. The van der Waals surface area contributed by atoms with Crippen molar-refractivity contribution in [2.75, 3.05) is 11.1 Å². The summed E-state index contributed by atoms with van der Waals surface area (Å²) in [7, 11) is -3.45. The Morgan fingerprint density at radius 3 is 1.96 bits per heavy atom. The quantitative estimate of drug-likeness (QED) is 0.649. The summed E-state index contributed by atoms with van der Waals surface area (Å²) in [6.45, 7) is 8.18. The predicted octanol–water partition coefficient (Wildman–Crippen LogP) is 3.54. The third-order valence-electron chi connectivity index (χ3n) is 5.50. The molecular weight excluding hydrogens is 350 g/mol. The lowest BCUT2D eigenvalue weighted by atomic mass is 10.4. The molecule has 1 aliphatic rings. The molecule has 0 bridgehead atoms. The average Bonchev–Trinajstić information content (AvgIpc) is 3.30. The van der Waals surface area contributed by atoms with Gasteiger partial charge in [-0.1, -0.05) is 80.3 Å². The van der Waals surface area contributed by atoms with Crippen molar-refractivity contribution >= 4 is 32.7 Å². The van der Waals surface area contributed by atoms with E-state index in [0.717, 1.165) is 12.4 Å². The van der Waals surface area contributed by atoms with Gasteiger partial charge in [0.2, 0.25) is 8.24 Å². The smallest absolute Gasteiger partial charge is 0.221 e. The van der Waals surface area contributed by atoms with Gasteiger partial charge in [0, 0.05) is 12.7 Å². The van der Waals surface area contributed by atoms with Crippen molar-refractivity contribution in [3.63, 3.8) is 0 Å². The Hall–Kier alpha value is -2.12. The summed E-state index contributed by atoms with van der Waals surface area (Å²) in [5.74, 6) is 1.16. The number of hydrogen-bond acceptors (Lipinski definition) is 2. The lowest BCUT2D eigenvalue weighted by molar-refractivity contribution is 0.971. The Labute approximate surface area is 158 Å². The highest BCUT2D eigenvalue weighted by atomic mass is 28.3. The van der Waals surface area contributed by atoms with Crippen LogP contribution in [0.25, 0.3) is 0 Å². The molecule has 3 nitrogen and oxygen atoms in total. The van der Waals surface area contributed by atoms with E-state index in [1.54, 1.807) is 0 Å². The molecule has 0 spiro atoms. The van der Waals surface area contributed by atoms with Crippen LogP contribution in [0.1, 0.15) is 6.42 Å². The van der Waals surface area contributed by atoms with Crippen molar-refractivity contribution in [3.05, 3.63) is 73.2 Å². The third kappa shape index (κ3) is 2.85. The maximum atomic E-state index is 4.87. The molecule has 0 radical (unpaired) electrons. The molecule has 0 aliphatic carbocycles. The second-order valence-corrected chi connectivity index (χ2v) is 16.9. The first-order valence-electron chi connectivity index (χ1n) is 9.45. The predicted molar refractivity (Wildman–Crippen MR) is 116 cm³/mol. The maximum Gasteiger partial charge on any atom is 0.221 e. The maximum absolute atomic E-state index is 4.87. The minimum atomic E-state index is -2.03. The van der Waals surface area contributed by atoms with Gasteiger partial charge in [-0.25, -0.2) is 4.98 Å². The summed E-state index contributed by atoms with van der Waals surface area (Å²) >= 11 is 0. The molecule has 4 rings (SSSR count). The molecule has 0 saturated carbocycles. The highest BCUT2D eigenvalue weighted by Crippen LogP contribution is 2.31.